The molecule has 0 saturated carbocycles. The Hall–Kier alpha value is -0.780. The van der Waals surface area contributed by atoms with E-state index in [2.05, 4.69) is 32.0 Å². The first-order valence-electron chi connectivity index (χ1n) is 8.31. The molecule has 0 unspecified atom stereocenters. The van der Waals surface area contributed by atoms with Gasteiger partial charge in [-0.15, -0.1) is 0 Å². The van der Waals surface area contributed by atoms with Gasteiger partial charge in [-0.05, 0) is 30.4 Å². The largest absolute Gasteiger partial charge is 0.0654 e. The first kappa shape index (κ1) is 16.3. The van der Waals surface area contributed by atoms with Gasteiger partial charge in [0.1, 0.15) is 0 Å². The SMILES string of the molecule is CCCCCC(CCCCC)CCc1cc[c]cc1. The first-order chi connectivity index (χ1) is 9.36. The fraction of sp³-hybridized carbons (Fsp3) is 0.684. The van der Waals surface area contributed by atoms with Crippen molar-refractivity contribution in [1.29, 1.82) is 0 Å². The van der Waals surface area contributed by atoms with Gasteiger partial charge in [0, 0.05) is 0 Å². The van der Waals surface area contributed by atoms with Crippen molar-refractivity contribution < 1.29 is 0 Å². The van der Waals surface area contributed by atoms with Crippen molar-refractivity contribution in [2.24, 2.45) is 5.92 Å². The molecule has 0 aliphatic heterocycles. The van der Waals surface area contributed by atoms with Crippen LogP contribution in [0.3, 0.4) is 0 Å². The van der Waals surface area contributed by atoms with Crippen LogP contribution in [-0.4, -0.2) is 0 Å². The summed E-state index contributed by atoms with van der Waals surface area (Å²) in [5.74, 6) is 0.947. The second-order valence-corrected chi connectivity index (χ2v) is 5.80. The number of hydrogen-bond acceptors (Lipinski definition) is 0. The number of hydrogen-bond donors (Lipinski definition) is 0. The topological polar surface area (TPSA) is 0 Å². The second kappa shape index (κ2) is 11.1. The minimum Gasteiger partial charge on any atom is -0.0654 e. The first-order valence-corrected chi connectivity index (χ1v) is 8.31. The van der Waals surface area contributed by atoms with E-state index in [9.17, 15) is 0 Å². The highest BCUT2D eigenvalue weighted by Crippen LogP contribution is 2.22. The Labute approximate surface area is 120 Å². The number of rotatable bonds is 11. The molecule has 1 aromatic rings. The van der Waals surface area contributed by atoms with Crippen LogP contribution in [0.15, 0.2) is 24.3 Å². The Morgan fingerprint density at radius 1 is 0.842 bits per heavy atom. The summed E-state index contributed by atoms with van der Waals surface area (Å²) in [4.78, 5) is 0. The molecule has 0 aromatic heterocycles. The van der Waals surface area contributed by atoms with Gasteiger partial charge in [-0.3, -0.25) is 0 Å². The molecule has 0 nitrogen and oxygen atoms in total. The van der Waals surface area contributed by atoms with E-state index in [-0.39, 0.29) is 0 Å². The average Bonchev–Trinajstić information content (AvgIpc) is 2.45. The van der Waals surface area contributed by atoms with Crippen molar-refractivity contribution in [3.05, 3.63) is 35.9 Å². The van der Waals surface area contributed by atoms with E-state index in [1.54, 1.807) is 0 Å². The zero-order valence-corrected chi connectivity index (χ0v) is 13.0. The summed E-state index contributed by atoms with van der Waals surface area (Å²) in [6.07, 6.45) is 13.9. The van der Waals surface area contributed by atoms with Gasteiger partial charge in [0.2, 0.25) is 0 Å². The molecular formula is C19H31. The van der Waals surface area contributed by atoms with Crippen molar-refractivity contribution >= 4 is 0 Å². The molecule has 0 aliphatic carbocycles. The van der Waals surface area contributed by atoms with E-state index < -0.39 is 0 Å². The highest BCUT2D eigenvalue weighted by Gasteiger charge is 2.08. The lowest BCUT2D eigenvalue weighted by Gasteiger charge is -2.16. The average molecular weight is 259 g/mol. The Morgan fingerprint density at radius 2 is 1.42 bits per heavy atom. The molecule has 1 rings (SSSR count). The molecule has 0 amide bonds. The molecule has 0 heterocycles. The molecule has 0 aliphatic rings. The molecule has 0 saturated heterocycles. The molecular weight excluding hydrogens is 228 g/mol. The zero-order valence-electron chi connectivity index (χ0n) is 13.0. The van der Waals surface area contributed by atoms with Gasteiger partial charge >= 0.3 is 0 Å². The van der Waals surface area contributed by atoms with Crippen LogP contribution in [0.4, 0.5) is 0 Å². The van der Waals surface area contributed by atoms with Crippen molar-refractivity contribution in [2.75, 3.05) is 0 Å². The van der Waals surface area contributed by atoms with Crippen LogP contribution >= 0.6 is 0 Å². The van der Waals surface area contributed by atoms with Crippen LogP contribution in [0.25, 0.3) is 0 Å². The quantitative estimate of drug-likeness (QED) is 0.415. The van der Waals surface area contributed by atoms with Crippen LogP contribution in [0.2, 0.25) is 0 Å². The lowest BCUT2D eigenvalue weighted by Crippen LogP contribution is -2.03. The Kier molecular flexibility index (Phi) is 9.49. The van der Waals surface area contributed by atoms with Gasteiger partial charge in [0.05, 0.1) is 0 Å². The summed E-state index contributed by atoms with van der Waals surface area (Å²) in [6, 6.07) is 11.6. The summed E-state index contributed by atoms with van der Waals surface area (Å²) in [6.45, 7) is 4.60. The molecule has 0 heteroatoms. The highest BCUT2D eigenvalue weighted by molar-refractivity contribution is 5.13. The van der Waals surface area contributed by atoms with Crippen molar-refractivity contribution in [3.63, 3.8) is 0 Å². The van der Waals surface area contributed by atoms with Crippen LogP contribution in [-0.2, 0) is 6.42 Å². The fourth-order valence-electron chi connectivity index (χ4n) is 2.76. The van der Waals surface area contributed by atoms with E-state index in [0.717, 1.165) is 5.92 Å². The van der Waals surface area contributed by atoms with Crippen LogP contribution in [0, 0.1) is 12.0 Å². The zero-order chi connectivity index (χ0) is 13.8. The van der Waals surface area contributed by atoms with E-state index in [0.29, 0.717) is 0 Å². The Bertz CT molecular complexity index is 278. The predicted molar refractivity (Wildman–Crippen MR) is 85.4 cm³/mol. The van der Waals surface area contributed by atoms with Crippen LogP contribution < -0.4 is 0 Å². The molecule has 0 bridgehead atoms. The molecule has 0 N–H and O–H groups in total. The highest BCUT2D eigenvalue weighted by atomic mass is 14.1. The summed E-state index contributed by atoms with van der Waals surface area (Å²) in [5.41, 5.74) is 1.48. The van der Waals surface area contributed by atoms with Crippen molar-refractivity contribution in [3.8, 4) is 0 Å². The monoisotopic (exact) mass is 259 g/mol. The number of benzene rings is 1. The minimum atomic E-state index is 0.947. The maximum atomic E-state index is 3.10. The summed E-state index contributed by atoms with van der Waals surface area (Å²) in [5, 5.41) is 0. The summed E-state index contributed by atoms with van der Waals surface area (Å²) < 4.78 is 0. The smallest absolute Gasteiger partial charge is 0.0184 e. The standard InChI is InChI=1S/C19H31/c1-3-5-8-12-18(13-9-6-4-2)16-17-19-14-10-7-11-15-19/h10-11,14-15,18H,3-6,8-9,12-13,16-17H2,1-2H3. The van der Waals surface area contributed by atoms with E-state index in [4.69, 9.17) is 0 Å². The molecule has 0 spiro atoms. The van der Waals surface area contributed by atoms with Crippen LogP contribution in [0.1, 0.15) is 77.2 Å². The number of unbranched alkanes of at least 4 members (excludes halogenated alkanes) is 4. The van der Waals surface area contributed by atoms with Gasteiger partial charge in [-0.25, -0.2) is 0 Å². The van der Waals surface area contributed by atoms with Gasteiger partial charge < -0.3 is 0 Å². The minimum absolute atomic E-state index is 0.947. The van der Waals surface area contributed by atoms with Gasteiger partial charge in [-0.1, -0.05) is 89.5 Å². The van der Waals surface area contributed by atoms with E-state index in [1.807, 2.05) is 12.1 Å². The molecule has 107 valence electrons. The van der Waals surface area contributed by atoms with Crippen LogP contribution in [0.5, 0.6) is 0 Å². The van der Waals surface area contributed by atoms with Crippen molar-refractivity contribution in [2.45, 2.75) is 78.1 Å². The normalized spacial score (nSPS) is 11.1. The number of aryl methyl sites for hydroxylation is 1. The molecule has 1 radical (unpaired) electrons. The molecule has 0 fully saturated rings. The van der Waals surface area contributed by atoms with E-state index in [1.165, 1.54) is 69.8 Å². The third-order valence-corrected chi connectivity index (χ3v) is 4.06. The fourth-order valence-corrected chi connectivity index (χ4v) is 2.76. The second-order valence-electron chi connectivity index (χ2n) is 5.80. The summed E-state index contributed by atoms with van der Waals surface area (Å²) in [7, 11) is 0. The van der Waals surface area contributed by atoms with Crippen molar-refractivity contribution in [1.82, 2.24) is 0 Å². The molecule has 19 heavy (non-hydrogen) atoms. The molecule has 1 aromatic carbocycles. The maximum absolute atomic E-state index is 3.10. The predicted octanol–water partition coefficient (Wildman–Crippen LogP) is 6.20. The third-order valence-electron chi connectivity index (χ3n) is 4.06. The molecule has 0 atom stereocenters. The third kappa shape index (κ3) is 8.08. The summed E-state index contributed by atoms with van der Waals surface area (Å²) >= 11 is 0. The van der Waals surface area contributed by atoms with E-state index >= 15 is 0 Å². The Morgan fingerprint density at radius 3 is 1.95 bits per heavy atom. The Balaban J connectivity index is 2.30. The maximum Gasteiger partial charge on any atom is -0.0184 e. The lowest BCUT2D eigenvalue weighted by molar-refractivity contribution is 0.386. The van der Waals surface area contributed by atoms with Gasteiger partial charge in [0.25, 0.3) is 0 Å². The lowest BCUT2D eigenvalue weighted by atomic mass is 9.89. The van der Waals surface area contributed by atoms with Gasteiger partial charge in [-0.2, -0.15) is 0 Å². The van der Waals surface area contributed by atoms with Gasteiger partial charge in [0.15, 0.2) is 0 Å².